The second-order valence-corrected chi connectivity index (χ2v) is 2.82. The van der Waals surface area contributed by atoms with Crippen LogP contribution in [-0.4, -0.2) is 41.9 Å². The van der Waals surface area contributed by atoms with Crippen LogP contribution in [0.4, 0.5) is 0 Å². The number of hydrogen-bond acceptors (Lipinski definition) is 4. The minimum Gasteiger partial charge on any atom is -0.390 e. The molecule has 0 aliphatic carbocycles. The lowest BCUT2D eigenvalue weighted by Crippen LogP contribution is -2.46. The standard InChI is InChI=1S/C7H14O4/c1-4-5(8)3-6(9)7(10-2)11-4/h4-9H,3H2,1-2H3/t4?,5-,6+,7-/m1/s1. The number of aliphatic hydroxyl groups excluding tert-OH is 2. The first-order chi connectivity index (χ1) is 5.15. The Kier molecular flexibility index (Phi) is 2.84. The first kappa shape index (κ1) is 8.93. The van der Waals surface area contributed by atoms with Gasteiger partial charge < -0.3 is 19.7 Å². The molecule has 1 aliphatic heterocycles. The molecule has 0 radical (unpaired) electrons. The number of rotatable bonds is 1. The Hall–Kier alpha value is -0.160. The molecule has 1 heterocycles. The zero-order valence-corrected chi connectivity index (χ0v) is 6.73. The topological polar surface area (TPSA) is 58.9 Å². The summed E-state index contributed by atoms with van der Waals surface area (Å²) in [5.41, 5.74) is 0. The fourth-order valence-electron chi connectivity index (χ4n) is 1.16. The molecule has 1 saturated heterocycles. The summed E-state index contributed by atoms with van der Waals surface area (Å²) in [6.07, 6.45) is -1.83. The molecular formula is C7H14O4. The van der Waals surface area contributed by atoms with Gasteiger partial charge in [0.15, 0.2) is 6.29 Å². The predicted octanol–water partition coefficient (Wildman–Crippen LogP) is -0.510. The van der Waals surface area contributed by atoms with Crippen molar-refractivity contribution in [3.05, 3.63) is 0 Å². The molecule has 4 atom stereocenters. The minimum absolute atomic E-state index is 0.261. The average Bonchev–Trinajstić information content (AvgIpc) is 1.97. The van der Waals surface area contributed by atoms with Crippen LogP contribution in [0.15, 0.2) is 0 Å². The molecule has 4 heteroatoms. The predicted molar refractivity (Wildman–Crippen MR) is 38.0 cm³/mol. The van der Waals surface area contributed by atoms with E-state index in [2.05, 4.69) is 0 Å². The van der Waals surface area contributed by atoms with Crippen molar-refractivity contribution in [3.63, 3.8) is 0 Å². The van der Waals surface area contributed by atoms with Crippen LogP contribution >= 0.6 is 0 Å². The van der Waals surface area contributed by atoms with Crippen LogP contribution in [0, 0.1) is 0 Å². The fraction of sp³-hybridized carbons (Fsp3) is 1.00. The van der Waals surface area contributed by atoms with Gasteiger partial charge >= 0.3 is 0 Å². The van der Waals surface area contributed by atoms with E-state index in [1.165, 1.54) is 7.11 Å². The molecule has 1 fully saturated rings. The maximum absolute atomic E-state index is 9.25. The highest BCUT2D eigenvalue weighted by molar-refractivity contribution is 4.77. The normalized spacial score (nSPS) is 45.8. The monoisotopic (exact) mass is 162 g/mol. The van der Waals surface area contributed by atoms with Gasteiger partial charge in [0.2, 0.25) is 0 Å². The van der Waals surface area contributed by atoms with E-state index in [4.69, 9.17) is 9.47 Å². The van der Waals surface area contributed by atoms with Crippen LogP contribution in [0.3, 0.4) is 0 Å². The molecule has 0 spiro atoms. The van der Waals surface area contributed by atoms with E-state index >= 15 is 0 Å². The van der Waals surface area contributed by atoms with Crippen LogP contribution < -0.4 is 0 Å². The van der Waals surface area contributed by atoms with Gasteiger partial charge in [-0.05, 0) is 6.92 Å². The highest BCUT2D eigenvalue weighted by atomic mass is 16.7. The molecular weight excluding hydrogens is 148 g/mol. The van der Waals surface area contributed by atoms with Crippen molar-refractivity contribution >= 4 is 0 Å². The lowest BCUT2D eigenvalue weighted by molar-refractivity contribution is -0.251. The summed E-state index contributed by atoms with van der Waals surface area (Å²) in [6, 6.07) is 0. The summed E-state index contributed by atoms with van der Waals surface area (Å²) in [7, 11) is 1.47. The third-order valence-corrected chi connectivity index (χ3v) is 1.92. The van der Waals surface area contributed by atoms with Crippen molar-refractivity contribution in [1.29, 1.82) is 0 Å². The van der Waals surface area contributed by atoms with Gasteiger partial charge in [0.25, 0.3) is 0 Å². The molecule has 66 valence electrons. The summed E-state index contributed by atoms with van der Waals surface area (Å²) >= 11 is 0. The van der Waals surface area contributed by atoms with Crippen LogP contribution in [-0.2, 0) is 9.47 Å². The fourth-order valence-corrected chi connectivity index (χ4v) is 1.16. The third-order valence-electron chi connectivity index (χ3n) is 1.92. The molecule has 0 aromatic heterocycles. The van der Waals surface area contributed by atoms with Gasteiger partial charge in [-0.25, -0.2) is 0 Å². The number of methoxy groups -OCH3 is 1. The molecule has 0 bridgehead atoms. The van der Waals surface area contributed by atoms with Gasteiger partial charge in [-0.3, -0.25) is 0 Å². The molecule has 2 N–H and O–H groups in total. The smallest absolute Gasteiger partial charge is 0.183 e. The summed E-state index contributed by atoms with van der Waals surface area (Å²) in [5.74, 6) is 0. The van der Waals surface area contributed by atoms with E-state index in [0.717, 1.165) is 0 Å². The number of ether oxygens (including phenoxy) is 2. The molecule has 1 unspecified atom stereocenters. The Balaban J connectivity index is 2.48. The second-order valence-electron chi connectivity index (χ2n) is 2.82. The average molecular weight is 162 g/mol. The van der Waals surface area contributed by atoms with E-state index < -0.39 is 18.5 Å². The Bertz CT molecular complexity index is 128. The summed E-state index contributed by atoms with van der Waals surface area (Å²) in [6.45, 7) is 1.75. The maximum atomic E-state index is 9.25. The van der Waals surface area contributed by atoms with Gasteiger partial charge in [0, 0.05) is 13.5 Å². The molecule has 1 aliphatic rings. The first-order valence-corrected chi connectivity index (χ1v) is 3.69. The highest BCUT2D eigenvalue weighted by Crippen LogP contribution is 2.19. The van der Waals surface area contributed by atoms with Crippen molar-refractivity contribution in [2.24, 2.45) is 0 Å². The van der Waals surface area contributed by atoms with Gasteiger partial charge in [0.05, 0.1) is 12.2 Å². The molecule has 0 aromatic carbocycles. The summed E-state index contributed by atoms with van der Waals surface area (Å²) in [4.78, 5) is 0. The summed E-state index contributed by atoms with van der Waals surface area (Å²) < 4.78 is 9.98. The van der Waals surface area contributed by atoms with Gasteiger partial charge in [-0.1, -0.05) is 0 Å². The second kappa shape index (κ2) is 3.49. The Morgan fingerprint density at radius 1 is 1.36 bits per heavy atom. The Morgan fingerprint density at radius 3 is 2.55 bits per heavy atom. The van der Waals surface area contributed by atoms with E-state index in [0.29, 0.717) is 6.42 Å². The van der Waals surface area contributed by atoms with Crippen molar-refractivity contribution in [3.8, 4) is 0 Å². The van der Waals surface area contributed by atoms with Crippen LogP contribution in [0.5, 0.6) is 0 Å². The van der Waals surface area contributed by atoms with E-state index in [1.54, 1.807) is 6.92 Å². The molecule has 4 nitrogen and oxygen atoms in total. The van der Waals surface area contributed by atoms with Crippen molar-refractivity contribution in [1.82, 2.24) is 0 Å². The lowest BCUT2D eigenvalue weighted by atomic mass is 10.0. The zero-order valence-electron chi connectivity index (χ0n) is 6.73. The van der Waals surface area contributed by atoms with Gasteiger partial charge in [-0.2, -0.15) is 0 Å². The highest BCUT2D eigenvalue weighted by Gasteiger charge is 2.33. The van der Waals surface area contributed by atoms with E-state index in [-0.39, 0.29) is 6.10 Å². The van der Waals surface area contributed by atoms with Gasteiger partial charge in [-0.15, -0.1) is 0 Å². The largest absolute Gasteiger partial charge is 0.390 e. The van der Waals surface area contributed by atoms with E-state index in [9.17, 15) is 10.2 Å². The minimum atomic E-state index is -0.716. The quantitative estimate of drug-likeness (QED) is 0.545. The van der Waals surface area contributed by atoms with Crippen molar-refractivity contribution in [2.45, 2.75) is 37.9 Å². The Labute approximate surface area is 65.7 Å². The number of aliphatic hydroxyl groups is 2. The van der Waals surface area contributed by atoms with Gasteiger partial charge in [0.1, 0.15) is 6.10 Å². The van der Waals surface area contributed by atoms with Crippen LogP contribution in [0.1, 0.15) is 13.3 Å². The summed E-state index contributed by atoms with van der Waals surface area (Å²) in [5, 5.41) is 18.5. The lowest BCUT2D eigenvalue weighted by Gasteiger charge is -2.34. The zero-order chi connectivity index (χ0) is 8.43. The van der Waals surface area contributed by atoms with Crippen molar-refractivity contribution < 1.29 is 19.7 Å². The SMILES string of the molecule is CO[C@@H]1OC(C)[C@H](O)C[C@@H]1O. The third kappa shape index (κ3) is 1.90. The molecule has 0 saturated carbocycles. The molecule has 11 heavy (non-hydrogen) atoms. The molecule has 1 rings (SSSR count). The maximum Gasteiger partial charge on any atom is 0.183 e. The van der Waals surface area contributed by atoms with Crippen molar-refractivity contribution in [2.75, 3.05) is 7.11 Å². The van der Waals surface area contributed by atoms with E-state index in [1.807, 2.05) is 0 Å². The molecule has 0 aromatic rings. The molecule has 0 amide bonds. The number of hydrogen-bond donors (Lipinski definition) is 2. The van der Waals surface area contributed by atoms with Crippen LogP contribution in [0.25, 0.3) is 0 Å². The Morgan fingerprint density at radius 2 is 2.00 bits per heavy atom. The first-order valence-electron chi connectivity index (χ1n) is 3.69. The van der Waals surface area contributed by atoms with Crippen LogP contribution in [0.2, 0.25) is 0 Å².